The van der Waals surface area contributed by atoms with Crippen molar-refractivity contribution < 1.29 is 4.79 Å². The number of fused-ring (bicyclic) bond motifs is 5. The predicted molar refractivity (Wildman–Crippen MR) is 85.9 cm³/mol. The molecule has 1 nitrogen and oxygen atoms in total. The van der Waals surface area contributed by atoms with Crippen LogP contribution in [0.3, 0.4) is 0 Å². The van der Waals surface area contributed by atoms with Gasteiger partial charge in [-0.3, -0.25) is 4.79 Å². The highest BCUT2D eigenvalue weighted by Gasteiger charge is 2.56. The summed E-state index contributed by atoms with van der Waals surface area (Å²) in [6, 6.07) is 0. The highest BCUT2D eigenvalue weighted by molar-refractivity contribution is 5.82. The van der Waals surface area contributed by atoms with Crippen molar-refractivity contribution in [3.63, 3.8) is 0 Å². The first-order valence-electron chi connectivity index (χ1n) is 8.84. The largest absolute Gasteiger partial charge is 0.299 e. The van der Waals surface area contributed by atoms with Crippen molar-refractivity contribution in [1.29, 1.82) is 0 Å². The average Bonchev–Trinajstić information content (AvgIpc) is 2.76. The Hall–Kier alpha value is -0.850. The SMILES string of the molecule is C=C1CC[C@H]2[C@@H]3CC=C4CC(=O)CC[C@]4(C)[C@H]3CC[C@]12C. The smallest absolute Gasteiger partial charge is 0.136 e. The standard InChI is InChI=1S/C20H28O/c1-13-4-7-17-16-6-5-14-12-15(21)8-10-20(14,3)18(16)9-11-19(13,17)2/h5,16-18H,1,4,6-12H2,2-3H3/t16-,17-,18-,19+,20-/m0/s1. The third kappa shape index (κ3) is 1.72. The van der Waals surface area contributed by atoms with E-state index in [-0.39, 0.29) is 0 Å². The summed E-state index contributed by atoms with van der Waals surface area (Å²) >= 11 is 0. The van der Waals surface area contributed by atoms with Crippen molar-refractivity contribution in [3.05, 3.63) is 23.8 Å². The van der Waals surface area contributed by atoms with Crippen molar-refractivity contribution in [2.75, 3.05) is 0 Å². The molecular weight excluding hydrogens is 256 g/mol. The minimum absolute atomic E-state index is 0.322. The summed E-state index contributed by atoms with van der Waals surface area (Å²) in [5, 5.41) is 0. The van der Waals surface area contributed by atoms with Gasteiger partial charge in [-0.25, -0.2) is 0 Å². The van der Waals surface area contributed by atoms with E-state index >= 15 is 0 Å². The molecule has 0 aromatic carbocycles. The lowest BCUT2D eigenvalue weighted by molar-refractivity contribution is -0.122. The summed E-state index contributed by atoms with van der Waals surface area (Å²) in [5.41, 5.74) is 3.74. The van der Waals surface area contributed by atoms with E-state index in [0.717, 1.165) is 37.0 Å². The van der Waals surface area contributed by atoms with Gasteiger partial charge in [0.25, 0.3) is 0 Å². The fraction of sp³-hybridized carbons (Fsp3) is 0.750. The summed E-state index contributed by atoms with van der Waals surface area (Å²) in [4.78, 5) is 11.8. The van der Waals surface area contributed by atoms with E-state index in [1.807, 2.05) is 0 Å². The fourth-order valence-corrected chi connectivity index (χ4v) is 6.38. The van der Waals surface area contributed by atoms with Crippen molar-refractivity contribution in [2.24, 2.45) is 28.6 Å². The summed E-state index contributed by atoms with van der Waals surface area (Å²) in [6.45, 7) is 9.34. The second kappa shape index (κ2) is 4.33. The van der Waals surface area contributed by atoms with Gasteiger partial charge in [-0.1, -0.05) is 37.6 Å². The van der Waals surface area contributed by atoms with Gasteiger partial charge in [0.05, 0.1) is 0 Å². The molecule has 4 aliphatic rings. The minimum atomic E-state index is 0.322. The first-order valence-corrected chi connectivity index (χ1v) is 8.84. The fourth-order valence-electron chi connectivity index (χ4n) is 6.38. The molecule has 1 heteroatoms. The average molecular weight is 284 g/mol. The normalized spacial score (nSPS) is 49.2. The lowest BCUT2D eigenvalue weighted by atomic mass is 9.48. The maximum atomic E-state index is 11.8. The molecule has 114 valence electrons. The zero-order valence-corrected chi connectivity index (χ0v) is 13.6. The van der Waals surface area contributed by atoms with Crippen molar-refractivity contribution in [1.82, 2.24) is 0 Å². The van der Waals surface area contributed by atoms with E-state index in [1.165, 1.54) is 43.3 Å². The highest BCUT2D eigenvalue weighted by atomic mass is 16.1. The van der Waals surface area contributed by atoms with E-state index < -0.39 is 0 Å². The van der Waals surface area contributed by atoms with Gasteiger partial charge < -0.3 is 0 Å². The quantitative estimate of drug-likeness (QED) is 0.567. The van der Waals surface area contributed by atoms with Crippen LogP contribution in [-0.4, -0.2) is 5.78 Å². The van der Waals surface area contributed by atoms with Gasteiger partial charge in [0.2, 0.25) is 0 Å². The minimum Gasteiger partial charge on any atom is -0.299 e. The Morgan fingerprint density at radius 2 is 1.86 bits per heavy atom. The first kappa shape index (κ1) is 13.8. The van der Waals surface area contributed by atoms with E-state index in [9.17, 15) is 4.79 Å². The summed E-state index contributed by atoms with van der Waals surface area (Å²) in [7, 11) is 0. The van der Waals surface area contributed by atoms with Crippen LogP contribution in [0.5, 0.6) is 0 Å². The summed E-state index contributed by atoms with van der Waals surface area (Å²) in [5.74, 6) is 2.96. The van der Waals surface area contributed by atoms with Gasteiger partial charge in [-0.05, 0) is 67.1 Å². The molecular formula is C20H28O. The topological polar surface area (TPSA) is 17.1 Å². The number of ketones is 1. The molecule has 0 aromatic heterocycles. The number of carbonyl (C=O) groups is 1. The molecule has 0 saturated heterocycles. The number of carbonyl (C=O) groups excluding carboxylic acids is 1. The molecule has 0 N–H and O–H groups in total. The van der Waals surface area contributed by atoms with Crippen LogP contribution in [-0.2, 0) is 4.79 Å². The Labute approximate surface area is 128 Å². The lowest BCUT2D eigenvalue weighted by Crippen LogP contribution is -2.49. The zero-order chi connectivity index (χ0) is 14.8. The molecule has 0 spiro atoms. The van der Waals surface area contributed by atoms with Crippen LogP contribution in [0.2, 0.25) is 0 Å². The number of Topliss-reactive ketones (excluding diaryl/α,β-unsaturated/α-hetero) is 1. The van der Waals surface area contributed by atoms with Crippen LogP contribution in [0, 0.1) is 28.6 Å². The van der Waals surface area contributed by atoms with E-state index in [2.05, 4.69) is 26.5 Å². The first-order chi connectivity index (χ1) is 9.95. The van der Waals surface area contributed by atoms with Gasteiger partial charge in [-0.15, -0.1) is 0 Å². The molecule has 0 heterocycles. The van der Waals surface area contributed by atoms with Crippen LogP contribution in [0.25, 0.3) is 0 Å². The van der Waals surface area contributed by atoms with E-state index in [1.54, 1.807) is 0 Å². The number of allylic oxidation sites excluding steroid dienone is 3. The molecule has 0 radical (unpaired) electrons. The second-order valence-corrected chi connectivity index (χ2v) is 8.57. The zero-order valence-electron chi connectivity index (χ0n) is 13.6. The molecule has 0 aliphatic heterocycles. The van der Waals surface area contributed by atoms with Gasteiger partial charge in [0, 0.05) is 12.8 Å². The third-order valence-corrected chi connectivity index (χ3v) is 7.89. The monoisotopic (exact) mass is 284 g/mol. The molecule has 3 saturated carbocycles. The summed E-state index contributed by atoms with van der Waals surface area (Å²) < 4.78 is 0. The molecule has 0 aromatic rings. The molecule has 0 bridgehead atoms. The Morgan fingerprint density at radius 1 is 1.10 bits per heavy atom. The Morgan fingerprint density at radius 3 is 2.67 bits per heavy atom. The van der Waals surface area contributed by atoms with Crippen LogP contribution in [0.15, 0.2) is 23.8 Å². The third-order valence-electron chi connectivity index (χ3n) is 7.89. The van der Waals surface area contributed by atoms with Crippen LogP contribution < -0.4 is 0 Å². The van der Waals surface area contributed by atoms with Crippen molar-refractivity contribution in [3.8, 4) is 0 Å². The van der Waals surface area contributed by atoms with E-state index in [4.69, 9.17) is 0 Å². The number of rotatable bonds is 0. The molecule has 5 atom stereocenters. The lowest BCUT2D eigenvalue weighted by Gasteiger charge is -2.56. The highest BCUT2D eigenvalue weighted by Crippen LogP contribution is 2.65. The van der Waals surface area contributed by atoms with Crippen LogP contribution >= 0.6 is 0 Å². The summed E-state index contributed by atoms with van der Waals surface area (Å²) in [6.07, 6.45) is 11.6. The molecule has 4 aliphatic carbocycles. The second-order valence-electron chi connectivity index (χ2n) is 8.57. The van der Waals surface area contributed by atoms with Gasteiger partial charge in [0.1, 0.15) is 5.78 Å². The van der Waals surface area contributed by atoms with Crippen molar-refractivity contribution in [2.45, 2.75) is 65.2 Å². The molecule has 4 rings (SSSR count). The van der Waals surface area contributed by atoms with Crippen LogP contribution in [0.4, 0.5) is 0 Å². The van der Waals surface area contributed by atoms with Gasteiger partial charge in [-0.2, -0.15) is 0 Å². The molecule has 0 amide bonds. The molecule has 0 unspecified atom stereocenters. The Kier molecular flexibility index (Phi) is 2.85. The van der Waals surface area contributed by atoms with Gasteiger partial charge in [0.15, 0.2) is 0 Å². The number of hydrogen-bond acceptors (Lipinski definition) is 1. The Bertz CT molecular complexity index is 542. The molecule has 21 heavy (non-hydrogen) atoms. The van der Waals surface area contributed by atoms with Crippen molar-refractivity contribution >= 4 is 5.78 Å². The number of hydrogen-bond donors (Lipinski definition) is 0. The van der Waals surface area contributed by atoms with Gasteiger partial charge >= 0.3 is 0 Å². The van der Waals surface area contributed by atoms with E-state index in [0.29, 0.717) is 16.6 Å². The Balaban J connectivity index is 1.71. The van der Waals surface area contributed by atoms with Crippen LogP contribution in [0.1, 0.15) is 65.2 Å². The maximum Gasteiger partial charge on any atom is 0.136 e. The molecule has 3 fully saturated rings. The predicted octanol–water partition coefficient (Wildman–Crippen LogP) is 5.07. The maximum absolute atomic E-state index is 11.8.